The molecule has 3 nitrogen and oxygen atoms in total. The van der Waals surface area contributed by atoms with E-state index in [1.54, 1.807) is 12.4 Å². The number of nitrogens with two attached hydrogens (primary N) is 1. The first-order valence-corrected chi connectivity index (χ1v) is 4.88. The second-order valence-electron chi connectivity index (χ2n) is 3.54. The third kappa shape index (κ3) is 3.97. The van der Waals surface area contributed by atoms with Crippen molar-refractivity contribution in [1.82, 2.24) is 9.97 Å². The van der Waals surface area contributed by atoms with Gasteiger partial charge in [0.25, 0.3) is 0 Å². The van der Waals surface area contributed by atoms with E-state index in [1.165, 1.54) is 6.33 Å². The largest absolute Gasteiger partial charge is 0.324 e. The Bertz CT molecular complexity index is 429. The zero-order chi connectivity index (χ0) is 10.7. The lowest BCUT2D eigenvalue weighted by Crippen LogP contribution is -2.04. The van der Waals surface area contributed by atoms with Crippen LogP contribution in [0.2, 0.25) is 0 Å². The summed E-state index contributed by atoms with van der Waals surface area (Å²) in [6.07, 6.45) is 5.13. The lowest BCUT2D eigenvalue weighted by Gasteiger charge is -2.06. The van der Waals surface area contributed by atoms with Crippen LogP contribution in [0.15, 0.2) is 43.0 Å². The SMILES string of the molecule is C[C@H](N)c1ccc(-c2cncnc2)cc1.Cl.Cl. The second-order valence-corrected chi connectivity index (χ2v) is 3.54. The Morgan fingerprint density at radius 3 is 1.94 bits per heavy atom. The fourth-order valence-electron chi connectivity index (χ4n) is 1.43. The molecule has 0 radical (unpaired) electrons. The van der Waals surface area contributed by atoms with Crippen LogP contribution in [0, 0.1) is 0 Å². The molecule has 0 amide bonds. The number of nitrogens with zero attached hydrogens (tertiary/aromatic N) is 2. The van der Waals surface area contributed by atoms with Crippen LogP contribution < -0.4 is 5.73 Å². The van der Waals surface area contributed by atoms with Crippen LogP contribution in [0.5, 0.6) is 0 Å². The van der Waals surface area contributed by atoms with Gasteiger partial charge in [-0.25, -0.2) is 9.97 Å². The van der Waals surface area contributed by atoms with Crippen molar-refractivity contribution in [3.63, 3.8) is 0 Å². The fourth-order valence-corrected chi connectivity index (χ4v) is 1.43. The Labute approximate surface area is 113 Å². The van der Waals surface area contributed by atoms with Crippen LogP contribution in [-0.2, 0) is 0 Å². The van der Waals surface area contributed by atoms with Crippen molar-refractivity contribution >= 4 is 24.8 Å². The second kappa shape index (κ2) is 7.22. The molecule has 2 aromatic rings. The fraction of sp³-hybridized carbons (Fsp3) is 0.167. The molecule has 0 spiro atoms. The van der Waals surface area contributed by atoms with E-state index in [0.717, 1.165) is 16.7 Å². The molecular formula is C12H15Cl2N3. The summed E-state index contributed by atoms with van der Waals surface area (Å²) < 4.78 is 0. The molecule has 1 aromatic carbocycles. The van der Waals surface area contributed by atoms with Crippen LogP contribution in [0.25, 0.3) is 11.1 Å². The average Bonchev–Trinajstić information content (AvgIpc) is 2.30. The predicted molar refractivity (Wildman–Crippen MR) is 74.6 cm³/mol. The Kier molecular flexibility index (Phi) is 6.73. The first kappa shape index (κ1) is 15.8. The summed E-state index contributed by atoms with van der Waals surface area (Å²) in [5.74, 6) is 0. The topological polar surface area (TPSA) is 51.8 Å². The molecule has 1 heterocycles. The summed E-state index contributed by atoms with van der Waals surface area (Å²) in [6, 6.07) is 8.22. The molecule has 1 aromatic heterocycles. The summed E-state index contributed by atoms with van der Waals surface area (Å²) in [7, 11) is 0. The highest BCUT2D eigenvalue weighted by Crippen LogP contribution is 2.19. The van der Waals surface area contributed by atoms with E-state index in [2.05, 4.69) is 9.97 Å². The minimum absolute atomic E-state index is 0. The minimum atomic E-state index is 0. The van der Waals surface area contributed by atoms with Crippen molar-refractivity contribution in [1.29, 1.82) is 0 Å². The van der Waals surface area contributed by atoms with Gasteiger partial charge in [-0.3, -0.25) is 0 Å². The van der Waals surface area contributed by atoms with Gasteiger partial charge in [0.2, 0.25) is 0 Å². The molecule has 5 heteroatoms. The zero-order valence-electron chi connectivity index (χ0n) is 9.41. The van der Waals surface area contributed by atoms with Crippen LogP contribution in [-0.4, -0.2) is 9.97 Å². The lowest BCUT2D eigenvalue weighted by atomic mass is 10.0. The minimum Gasteiger partial charge on any atom is -0.324 e. The van der Waals surface area contributed by atoms with Crippen LogP contribution in [0.4, 0.5) is 0 Å². The Hall–Kier alpha value is -1.16. The smallest absolute Gasteiger partial charge is 0.115 e. The van der Waals surface area contributed by atoms with Gasteiger partial charge in [0.15, 0.2) is 0 Å². The highest BCUT2D eigenvalue weighted by Gasteiger charge is 2.00. The average molecular weight is 272 g/mol. The van der Waals surface area contributed by atoms with Gasteiger partial charge in [-0.2, -0.15) is 0 Å². The van der Waals surface area contributed by atoms with Crippen molar-refractivity contribution in [3.8, 4) is 11.1 Å². The Balaban J connectivity index is 0.00000128. The summed E-state index contributed by atoms with van der Waals surface area (Å²) >= 11 is 0. The molecular weight excluding hydrogens is 257 g/mol. The Morgan fingerprint density at radius 2 is 1.47 bits per heavy atom. The lowest BCUT2D eigenvalue weighted by molar-refractivity contribution is 0.818. The van der Waals surface area contributed by atoms with E-state index < -0.39 is 0 Å². The first-order valence-electron chi connectivity index (χ1n) is 4.88. The van der Waals surface area contributed by atoms with Crippen molar-refractivity contribution in [2.45, 2.75) is 13.0 Å². The van der Waals surface area contributed by atoms with E-state index in [1.807, 2.05) is 31.2 Å². The van der Waals surface area contributed by atoms with Crippen LogP contribution >= 0.6 is 24.8 Å². The van der Waals surface area contributed by atoms with Crippen LogP contribution in [0.3, 0.4) is 0 Å². The molecule has 1 atom stereocenters. The van der Waals surface area contributed by atoms with Gasteiger partial charge in [-0.05, 0) is 18.1 Å². The van der Waals surface area contributed by atoms with Crippen molar-refractivity contribution in [2.75, 3.05) is 0 Å². The third-order valence-corrected chi connectivity index (χ3v) is 2.33. The summed E-state index contributed by atoms with van der Waals surface area (Å²) in [5.41, 5.74) is 9.05. The van der Waals surface area contributed by atoms with Gasteiger partial charge in [-0.1, -0.05) is 24.3 Å². The van der Waals surface area contributed by atoms with E-state index >= 15 is 0 Å². The molecule has 0 aliphatic heterocycles. The summed E-state index contributed by atoms with van der Waals surface area (Å²) in [4.78, 5) is 7.97. The number of rotatable bonds is 2. The number of hydrogen-bond acceptors (Lipinski definition) is 3. The van der Waals surface area contributed by atoms with Crippen LogP contribution in [0.1, 0.15) is 18.5 Å². The third-order valence-electron chi connectivity index (χ3n) is 2.33. The highest BCUT2D eigenvalue weighted by atomic mass is 35.5. The molecule has 2 rings (SSSR count). The van der Waals surface area contributed by atoms with Gasteiger partial charge in [0.1, 0.15) is 6.33 Å². The quantitative estimate of drug-likeness (QED) is 0.914. The number of hydrogen-bond donors (Lipinski definition) is 1. The van der Waals surface area contributed by atoms with E-state index in [-0.39, 0.29) is 30.9 Å². The number of aromatic nitrogens is 2. The summed E-state index contributed by atoms with van der Waals surface area (Å²) in [6.45, 7) is 1.97. The predicted octanol–water partition coefficient (Wildman–Crippen LogP) is 3.01. The normalized spacial score (nSPS) is 10.9. The Morgan fingerprint density at radius 1 is 0.941 bits per heavy atom. The number of halogens is 2. The molecule has 0 saturated carbocycles. The van der Waals surface area contributed by atoms with Crippen molar-refractivity contribution in [3.05, 3.63) is 48.5 Å². The molecule has 0 aliphatic rings. The molecule has 92 valence electrons. The zero-order valence-corrected chi connectivity index (χ0v) is 11.0. The van der Waals surface area contributed by atoms with E-state index in [4.69, 9.17) is 5.73 Å². The van der Waals surface area contributed by atoms with Gasteiger partial charge in [-0.15, -0.1) is 24.8 Å². The van der Waals surface area contributed by atoms with Gasteiger partial charge < -0.3 is 5.73 Å². The first-order chi connectivity index (χ1) is 7.27. The summed E-state index contributed by atoms with van der Waals surface area (Å²) in [5, 5.41) is 0. The monoisotopic (exact) mass is 271 g/mol. The maximum atomic E-state index is 5.78. The van der Waals surface area contributed by atoms with Crippen molar-refractivity contribution < 1.29 is 0 Å². The molecule has 0 bridgehead atoms. The van der Waals surface area contributed by atoms with Gasteiger partial charge in [0.05, 0.1) is 0 Å². The van der Waals surface area contributed by atoms with E-state index in [9.17, 15) is 0 Å². The molecule has 17 heavy (non-hydrogen) atoms. The maximum Gasteiger partial charge on any atom is 0.115 e. The molecule has 0 aliphatic carbocycles. The standard InChI is InChI=1S/C12H13N3.2ClH/c1-9(13)10-2-4-11(5-3-10)12-6-14-8-15-7-12;;/h2-9H,13H2,1H3;2*1H/t9-;;/m0../s1. The molecule has 2 N–H and O–H groups in total. The molecule has 0 fully saturated rings. The van der Waals surface area contributed by atoms with Gasteiger partial charge in [0, 0.05) is 24.0 Å². The van der Waals surface area contributed by atoms with Crippen molar-refractivity contribution in [2.24, 2.45) is 5.73 Å². The highest BCUT2D eigenvalue weighted by molar-refractivity contribution is 5.85. The molecule has 0 saturated heterocycles. The molecule has 0 unspecified atom stereocenters. The number of benzene rings is 1. The van der Waals surface area contributed by atoms with Gasteiger partial charge >= 0.3 is 0 Å². The maximum absolute atomic E-state index is 5.78. The van der Waals surface area contributed by atoms with E-state index in [0.29, 0.717) is 0 Å².